The molecule has 1 N–H and O–H groups in total. The van der Waals surface area contributed by atoms with Crippen LogP contribution >= 0.6 is 0 Å². The number of carbonyl (C=O) groups is 1. The number of ether oxygens (including phenoxy) is 3. The van der Waals surface area contributed by atoms with E-state index in [0.717, 1.165) is 31.4 Å². The highest BCUT2D eigenvalue weighted by Crippen LogP contribution is 2.40. The van der Waals surface area contributed by atoms with Crippen LogP contribution in [0, 0.1) is 0 Å². The second kappa shape index (κ2) is 10.3. The number of methoxy groups -OCH3 is 3. The Balaban J connectivity index is 1.84. The van der Waals surface area contributed by atoms with Crippen molar-refractivity contribution in [2.75, 3.05) is 27.9 Å². The topological polar surface area (TPSA) is 93.8 Å². The van der Waals surface area contributed by atoms with Gasteiger partial charge in [-0.1, -0.05) is 26.2 Å². The van der Waals surface area contributed by atoms with Crippen molar-refractivity contribution in [1.29, 1.82) is 0 Å². The van der Waals surface area contributed by atoms with Gasteiger partial charge in [-0.05, 0) is 18.6 Å². The Morgan fingerprint density at radius 1 is 1.10 bits per heavy atom. The van der Waals surface area contributed by atoms with E-state index in [-0.39, 0.29) is 11.5 Å². The van der Waals surface area contributed by atoms with Crippen molar-refractivity contribution in [2.45, 2.75) is 52.0 Å². The molecule has 0 saturated carbocycles. The lowest BCUT2D eigenvalue weighted by atomic mass is 10.0. The van der Waals surface area contributed by atoms with Gasteiger partial charge in [0.2, 0.25) is 11.7 Å². The highest BCUT2D eigenvalue weighted by atomic mass is 16.5. The van der Waals surface area contributed by atoms with Crippen molar-refractivity contribution in [1.82, 2.24) is 14.9 Å². The quantitative estimate of drug-likeness (QED) is 0.615. The van der Waals surface area contributed by atoms with Crippen molar-refractivity contribution in [3.8, 4) is 28.6 Å². The summed E-state index contributed by atoms with van der Waals surface area (Å²) < 4.78 is 16.2. The normalized spacial score (nSPS) is 13.0. The molecule has 0 spiro atoms. The summed E-state index contributed by atoms with van der Waals surface area (Å²) in [7, 11) is 4.62. The number of nitrogens with one attached hydrogen (secondary N) is 1. The van der Waals surface area contributed by atoms with Crippen LogP contribution in [-0.4, -0.2) is 48.6 Å². The lowest BCUT2D eigenvalue weighted by molar-refractivity contribution is -0.132. The molecule has 1 aromatic heterocycles. The Hall–Kier alpha value is -3.03. The maximum atomic E-state index is 12.8. The number of benzene rings is 1. The van der Waals surface area contributed by atoms with E-state index in [2.05, 4.69) is 16.9 Å². The molecular weight excluding hydrogens is 398 g/mol. The highest BCUT2D eigenvalue weighted by molar-refractivity contribution is 5.76. The molecule has 0 aliphatic carbocycles. The molecule has 0 fully saturated rings. The van der Waals surface area contributed by atoms with Crippen LogP contribution in [0.5, 0.6) is 17.2 Å². The van der Waals surface area contributed by atoms with Gasteiger partial charge in [-0.25, -0.2) is 4.98 Å². The molecular formula is C23H31N3O5. The van der Waals surface area contributed by atoms with Crippen molar-refractivity contribution in [3.63, 3.8) is 0 Å². The average Bonchev–Trinajstić information content (AvgIpc) is 2.80. The number of fused-ring (bicyclic) bond motifs is 1. The first-order chi connectivity index (χ1) is 15.0. The van der Waals surface area contributed by atoms with Crippen LogP contribution in [0.25, 0.3) is 11.4 Å². The van der Waals surface area contributed by atoms with Crippen molar-refractivity contribution in [3.05, 3.63) is 33.7 Å². The van der Waals surface area contributed by atoms with E-state index >= 15 is 0 Å². The number of amides is 1. The number of hydrogen-bond acceptors (Lipinski definition) is 6. The summed E-state index contributed by atoms with van der Waals surface area (Å²) in [5.74, 6) is 1.98. The lowest BCUT2D eigenvalue weighted by Crippen LogP contribution is -2.39. The fraction of sp³-hybridized carbons (Fsp3) is 0.522. The minimum atomic E-state index is -0.225. The molecule has 2 heterocycles. The molecule has 0 saturated heterocycles. The van der Waals surface area contributed by atoms with Crippen molar-refractivity contribution < 1.29 is 19.0 Å². The van der Waals surface area contributed by atoms with Crippen LogP contribution < -0.4 is 19.8 Å². The van der Waals surface area contributed by atoms with Crippen LogP contribution in [0.15, 0.2) is 16.9 Å². The highest BCUT2D eigenvalue weighted by Gasteiger charge is 2.25. The molecule has 1 aliphatic rings. The molecule has 0 unspecified atom stereocenters. The zero-order chi connectivity index (χ0) is 22.4. The third-order valence-corrected chi connectivity index (χ3v) is 5.60. The van der Waals surface area contributed by atoms with Gasteiger partial charge < -0.3 is 24.1 Å². The molecule has 0 radical (unpaired) electrons. The number of H-pyrrole nitrogens is 1. The zero-order valence-electron chi connectivity index (χ0n) is 18.7. The fourth-order valence-electron chi connectivity index (χ4n) is 3.85. The Morgan fingerprint density at radius 3 is 2.42 bits per heavy atom. The summed E-state index contributed by atoms with van der Waals surface area (Å²) in [6, 6.07) is 3.50. The number of carbonyl (C=O) groups excluding carboxylic acids is 1. The van der Waals surface area contributed by atoms with Crippen LogP contribution in [0.2, 0.25) is 0 Å². The van der Waals surface area contributed by atoms with Crippen LogP contribution in [0.4, 0.5) is 0 Å². The van der Waals surface area contributed by atoms with E-state index in [0.29, 0.717) is 60.1 Å². The van der Waals surface area contributed by atoms with Crippen LogP contribution in [-0.2, 0) is 17.8 Å². The predicted molar refractivity (Wildman–Crippen MR) is 118 cm³/mol. The number of aromatic amines is 1. The molecule has 0 bridgehead atoms. The molecule has 8 heteroatoms. The van der Waals surface area contributed by atoms with Gasteiger partial charge in [0.05, 0.1) is 39.1 Å². The van der Waals surface area contributed by atoms with E-state index in [1.165, 1.54) is 21.3 Å². The molecule has 1 aromatic carbocycles. The first-order valence-electron chi connectivity index (χ1n) is 10.7. The van der Waals surface area contributed by atoms with Gasteiger partial charge in [-0.2, -0.15) is 0 Å². The SMILES string of the molecule is CCCCCCC(=O)N1CCc2nc(-c3cc(OC)c(OC)c(OC)c3)[nH]c(=O)c2C1. The predicted octanol–water partition coefficient (Wildman–Crippen LogP) is 3.32. The Morgan fingerprint density at radius 2 is 1.81 bits per heavy atom. The van der Waals surface area contributed by atoms with E-state index in [9.17, 15) is 9.59 Å². The number of hydrogen-bond donors (Lipinski definition) is 1. The summed E-state index contributed by atoms with van der Waals surface area (Å²) in [5, 5.41) is 0. The average molecular weight is 430 g/mol. The second-order valence-corrected chi connectivity index (χ2v) is 7.63. The van der Waals surface area contributed by atoms with Crippen LogP contribution in [0.3, 0.4) is 0 Å². The van der Waals surface area contributed by atoms with E-state index in [1.807, 2.05) is 0 Å². The summed E-state index contributed by atoms with van der Waals surface area (Å²) in [6.07, 6.45) is 5.32. The van der Waals surface area contributed by atoms with Crippen molar-refractivity contribution in [2.24, 2.45) is 0 Å². The maximum absolute atomic E-state index is 12.8. The molecule has 8 nitrogen and oxygen atoms in total. The zero-order valence-corrected chi connectivity index (χ0v) is 18.7. The van der Waals surface area contributed by atoms with Gasteiger partial charge in [-0.15, -0.1) is 0 Å². The molecule has 0 atom stereocenters. The first-order valence-corrected chi connectivity index (χ1v) is 10.7. The van der Waals surface area contributed by atoms with Gasteiger partial charge in [0.1, 0.15) is 5.82 Å². The van der Waals surface area contributed by atoms with E-state index in [1.54, 1.807) is 17.0 Å². The summed E-state index contributed by atoms with van der Waals surface area (Å²) in [4.78, 5) is 34.7. The minimum Gasteiger partial charge on any atom is -0.493 e. The smallest absolute Gasteiger partial charge is 0.256 e. The molecule has 168 valence electrons. The van der Waals surface area contributed by atoms with Gasteiger partial charge >= 0.3 is 0 Å². The standard InChI is InChI=1S/C23H31N3O5/c1-5-6-7-8-9-20(27)26-11-10-17-16(14-26)23(28)25-22(24-17)15-12-18(29-2)21(31-4)19(13-15)30-3/h12-13H,5-11,14H2,1-4H3,(H,24,25,28). The Bertz CT molecular complexity index is 961. The third-order valence-electron chi connectivity index (χ3n) is 5.60. The molecule has 31 heavy (non-hydrogen) atoms. The number of aromatic nitrogens is 2. The number of rotatable bonds is 9. The second-order valence-electron chi connectivity index (χ2n) is 7.63. The van der Waals surface area contributed by atoms with Gasteiger partial charge in [0.15, 0.2) is 11.5 Å². The molecule has 2 aromatic rings. The number of nitrogens with zero attached hydrogens (tertiary/aromatic N) is 2. The summed E-state index contributed by atoms with van der Waals surface area (Å²) >= 11 is 0. The minimum absolute atomic E-state index is 0.106. The monoisotopic (exact) mass is 429 g/mol. The molecule has 1 amide bonds. The maximum Gasteiger partial charge on any atom is 0.256 e. The van der Waals surface area contributed by atoms with Gasteiger partial charge in [0.25, 0.3) is 5.56 Å². The third kappa shape index (κ3) is 5.00. The number of unbranched alkanes of at least 4 members (excludes halogenated alkanes) is 3. The van der Waals surface area contributed by atoms with Crippen molar-refractivity contribution >= 4 is 5.91 Å². The Labute approximate surface area is 182 Å². The first kappa shape index (κ1) is 22.7. The largest absolute Gasteiger partial charge is 0.493 e. The summed E-state index contributed by atoms with van der Waals surface area (Å²) in [5.41, 5.74) is 1.72. The molecule has 1 aliphatic heterocycles. The molecule has 3 rings (SSSR count). The Kier molecular flexibility index (Phi) is 7.55. The fourth-order valence-corrected chi connectivity index (χ4v) is 3.85. The summed E-state index contributed by atoms with van der Waals surface area (Å²) in [6.45, 7) is 3.03. The van der Waals surface area contributed by atoms with E-state index < -0.39 is 0 Å². The van der Waals surface area contributed by atoms with Gasteiger partial charge in [-0.3, -0.25) is 9.59 Å². The van der Waals surface area contributed by atoms with E-state index in [4.69, 9.17) is 14.2 Å². The van der Waals surface area contributed by atoms with Crippen LogP contribution in [0.1, 0.15) is 50.3 Å². The lowest BCUT2D eigenvalue weighted by Gasteiger charge is -2.28. The van der Waals surface area contributed by atoms with Gasteiger partial charge in [0, 0.05) is 24.9 Å².